The number of rotatable bonds is 5. The van der Waals surface area contributed by atoms with Gasteiger partial charge in [-0.05, 0) is 62.7 Å². The van der Waals surface area contributed by atoms with Crippen molar-refractivity contribution in [3.05, 3.63) is 82.8 Å². The number of nitrogens with zero attached hydrogens (tertiary/aromatic N) is 1. The van der Waals surface area contributed by atoms with Gasteiger partial charge >= 0.3 is 0 Å². The Morgan fingerprint density at radius 1 is 1.00 bits per heavy atom. The Morgan fingerprint density at radius 3 is 2.36 bits per heavy atom. The molecule has 1 N–H and O–H groups in total. The molecule has 2 aromatic heterocycles. The number of halogens is 2. The van der Waals surface area contributed by atoms with E-state index in [1.807, 2.05) is 0 Å². The maximum Gasteiger partial charge on any atom is 0.290 e. The second-order valence-corrected chi connectivity index (χ2v) is 11.0. The van der Waals surface area contributed by atoms with E-state index < -0.39 is 26.2 Å². The summed E-state index contributed by atoms with van der Waals surface area (Å²) in [6, 6.07) is 11.2. The first-order valence-corrected chi connectivity index (χ1v) is 12.0. The molecule has 0 saturated carbocycles. The molecule has 33 heavy (non-hydrogen) atoms. The second-order valence-electron chi connectivity index (χ2n) is 8.40. The van der Waals surface area contributed by atoms with E-state index in [0.717, 1.165) is 17.1 Å². The molecule has 6 nitrogen and oxygen atoms in total. The van der Waals surface area contributed by atoms with Crippen LogP contribution in [0.25, 0.3) is 22.2 Å². The first kappa shape index (κ1) is 22.7. The molecule has 0 spiro atoms. The van der Waals surface area contributed by atoms with Crippen LogP contribution in [0.4, 0.5) is 8.78 Å². The van der Waals surface area contributed by atoms with E-state index >= 15 is 0 Å². The Kier molecular flexibility index (Phi) is 5.40. The maximum absolute atomic E-state index is 14.3. The van der Waals surface area contributed by atoms with Gasteiger partial charge < -0.3 is 9.94 Å². The molecular weight excluding hydrogens is 450 g/mol. The molecule has 0 aliphatic heterocycles. The van der Waals surface area contributed by atoms with Crippen LogP contribution in [-0.4, -0.2) is 19.7 Å². The van der Waals surface area contributed by atoms with Crippen LogP contribution in [0, 0.1) is 23.8 Å². The number of ether oxygens (including phenoxy) is 1. The van der Waals surface area contributed by atoms with Crippen molar-refractivity contribution in [2.75, 3.05) is 6.26 Å². The van der Waals surface area contributed by atoms with Crippen LogP contribution >= 0.6 is 0 Å². The number of H-pyrrole nitrogens is 1. The molecule has 2 heterocycles. The lowest BCUT2D eigenvalue weighted by Gasteiger charge is -2.25. The molecule has 0 unspecified atom stereocenters. The van der Waals surface area contributed by atoms with Crippen LogP contribution in [0.15, 0.2) is 54.7 Å². The topological polar surface area (TPSA) is 86.1 Å². The molecule has 172 valence electrons. The average Bonchev–Trinajstić information content (AvgIpc) is 3.22. The van der Waals surface area contributed by atoms with Gasteiger partial charge in [-0.1, -0.05) is 6.07 Å². The summed E-state index contributed by atoms with van der Waals surface area (Å²) in [5, 5.41) is 13.1. The van der Waals surface area contributed by atoms with Gasteiger partial charge in [0.25, 0.3) is 5.65 Å². The molecule has 0 amide bonds. The quantitative estimate of drug-likeness (QED) is 0.322. The van der Waals surface area contributed by atoms with Crippen LogP contribution in [0.3, 0.4) is 0 Å². The lowest BCUT2D eigenvalue weighted by atomic mass is 9.94. The van der Waals surface area contributed by atoms with Crippen molar-refractivity contribution in [3.8, 4) is 22.6 Å². The summed E-state index contributed by atoms with van der Waals surface area (Å²) in [4.78, 5) is 2.90. The third-order valence-electron chi connectivity index (χ3n) is 5.90. The van der Waals surface area contributed by atoms with Gasteiger partial charge in [0, 0.05) is 23.4 Å². The number of fused-ring (bicyclic) bond motifs is 1. The third-order valence-corrected chi connectivity index (χ3v) is 7.99. The fraction of sp³-hybridized carbons (Fsp3) is 0.208. The molecule has 4 aromatic rings. The zero-order valence-corrected chi connectivity index (χ0v) is 19.3. The summed E-state index contributed by atoms with van der Waals surface area (Å²) in [6.07, 6.45) is 2.77. The standard InChI is InChI=1S/C24H22F2N2O4S/c1-14-11-18(17-9-10-27-23(17)28(14)29)19-12-15(24(2,3)33(4,30)31)5-7-21(19)32-22-8-6-16(25)13-20(22)26/h5-13,27H,1-4H3. The van der Waals surface area contributed by atoms with Crippen molar-refractivity contribution in [2.45, 2.75) is 25.5 Å². The van der Waals surface area contributed by atoms with Gasteiger partial charge in [-0.15, -0.1) is 0 Å². The number of hydrogen-bond acceptors (Lipinski definition) is 4. The van der Waals surface area contributed by atoms with E-state index in [-0.39, 0.29) is 11.5 Å². The smallest absolute Gasteiger partial charge is 0.290 e. The Hall–Kier alpha value is -3.46. The summed E-state index contributed by atoms with van der Waals surface area (Å²) in [7, 11) is -3.49. The van der Waals surface area contributed by atoms with Gasteiger partial charge in [-0.3, -0.25) is 0 Å². The van der Waals surface area contributed by atoms with Gasteiger partial charge in [-0.25, -0.2) is 26.9 Å². The summed E-state index contributed by atoms with van der Waals surface area (Å²) < 4.78 is 57.9. The largest absolute Gasteiger partial charge is 0.710 e. The van der Waals surface area contributed by atoms with E-state index in [1.54, 1.807) is 57.3 Å². The molecule has 0 radical (unpaired) electrons. The molecule has 0 bridgehead atoms. The van der Waals surface area contributed by atoms with E-state index in [1.165, 1.54) is 6.07 Å². The molecule has 0 fully saturated rings. The fourth-order valence-electron chi connectivity index (χ4n) is 3.58. The highest BCUT2D eigenvalue weighted by Gasteiger charge is 2.33. The first-order valence-electron chi connectivity index (χ1n) is 10.1. The summed E-state index contributed by atoms with van der Waals surface area (Å²) >= 11 is 0. The van der Waals surface area contributed by atoms with Crippen molar-refractivity contribution in [1.82, 2.24) is 4.98 Å². The van der Waals surface area contributed by atoms with Crippen molar-refractivity contribution < 1.29 is 26.7 Å². The van der Waals surface area contributed by atoms with E-state index in [4.69, 9.17) is 4.74 Å². The molecule has 0 saturated heterocycles. The van der Waals surface area contributed by atoms with Crippen molar-refractivity contribution >= 4 is 20.9 Å². The van der Waals surface area contributed by atoms with Crippen LogP contribution in [0.5, 0.6) is 11.5 Å². The molecule has 0 aliphatic rings. The number of aryl methyl sites for hydroxylation is 1. The number of nitrogens with one attached hydrogen (secondary N) is 1. The van der Waals surface area contributed by atoms with Crippen LogP contribution in [0.2, 0.25) is 0 Å². The first-order chi connectivity index (χ1) is 15.4. The Balaban J connectivity index is 1.99. The minimum absolute atomic E-state index is 0.190. The summed E-state index contributed by atoms with van der Waals surface area (Å²) in [6.45, 7) is 4.83. The van der Waals surface area contributed by atoms with Gasteiger partial charge in [0.15, 0.2) is 21.4 Å². The highest BCUT2D eigenvalue weighted by Crippen LogP contribution is 2.41. The van der Waals surface area contributed by atoms with Crippen molar-refractivity contribution in [2.24, 2.45) is 0 Å². The van der Waals surface area contributed by atoms with E-state index in [9.17, 15) is 22.4 Å². The van der Waals surface area contributed by atoms with Gasteiger partial charge in [0.05, 0.1) is 16.3 Å². The van der Waals surface area contributed by atoms with Crippen LogP contribution in [-0.2, 0) is 14.6 Å². The zero-order chi connectivity index (χ0) is 24.1. The van der Waals surface area contributed by atoms with Crippen LogP contribution in [0.1, 0.15) is 25.1 Å². The Morgan fingerprint density at radius 2 is 1.70 bits per heavy atom. The lowest BCUT2D eigenvalue weighted by Crippen LogP contribution is -2.31. The predicted octanol–water partition coefficient (Wildman–Crippen LogP) is 5.13. The molecular formula is C24H22F2N2O4S. The fourth-order valence-corrected chi connectivity index (χ4v) is 4.14. The molecule has 0 atom stereocenters. The highest BCUT2D eigenvalue weighted by molar-refractivity contribution is 7.91. The molecule has 9 heteroatoms. The Labute approximate surface area is 190 Å². The number of benzene rings is 2. The minimum Gasteiger partial charge on any atom is -0.710 e. The van der Waals surface area contributed by atoms with Gasteiger partial charge in [-0.2, -0.15) is 0 Å². The van der Waals surface area contributed by atoms with E-state index in [2.05, 4.69) is 4.98 Å². The van der Waals surface area contributed by atoms with Crippen LogP contribution < -0.4 is 9.47 Å². The second kappa shape index (κ2) is 7.84. The Bertz CT molecular complexity index is 1490. The maximum atomic E-state index is 14.3. The third kappa shape index (κ3) is 3.93. The zero-order valence-electron chi connectivity index (χ0n) is 18.4. The molecule has 2 aromatic carbocycles. The number of aromatic amines is 1. The molecule has 4 rings (SSSR count). The summed E-state index contributed by atoms with van der Waals surface area (Å²) in [5.74, 6) is -1.59. The minimum atomic E-state index is -3.49. The monoisotopic (exact) mass is 472 g/mol. The van der Waals surface area contributed by atoms with Crippen molar-refractivity contribution in [3.63, 3.8) is 0 Å². The average molecular weight is 473 g/mol. The summed E-state index contributed by atoms with van der Waals surface area (Å²) in [5.41, 5.74) is 2.26. The number of aromatic nitrogens is 2. The SMILES string of the molecule is Cc1cc(-c2cc(C(C)(C)S(C)(=O)=O)ccc2Oc2ccc(F)cc2F)c2cc[nH]c2[n+]1[O-]. The predicted molar refractivity (Wildman–Crippen MR) is 122 cm³/mol. The van der Waals surface area contributed by atoms with Gasteiger partial charge in [0.2, 0.25) is 0 Å². The number of hydrogen-bond donors (Lipinski definition) is 1. The lowest BCUT2D eigenvalue weighted by molar-refractivity contribution is -0.586. The number of pyridine rings is 1. The van der Waals surface area contributed by atoms with Crippen molar-refractivity contribution in [1.29, 1.82) is 0 Å². The normalized spacial score (nSPS) is 12.3. The van der Waals surface area contributed by atoms with E-state index in [0.29, 0.717) is 39.5 Å². The number of sulfone groups is 1. The molecule has 0 aliphatic carbocycles. The highest BCUT2D eigenvalue weighted by atomic mass is 32.2. The van der Waals surface area contributed by atoms with Gasteiger partial charge in [0.1, 0.15) is 17.3 Å².